The van der Waals surface area contributed by atoms with E-state index in [4.69, 9.17) is 10.2 Å². The van der Waals surface area contributed by atoms with Crippen molar-refractivity contribution in [1.29, 1.82) is 0 Å². The van der Waals surface area contributed by atoms with Crippen LogP contribution in [0.3, 0.4) is 0 Å². The Morgan fingerprint density at radius 2 is 2.14 bits per heavy atom. The largest absolute Gasteiger partial charge is 0.463 e. The third-order valence-corrected chi connectivity index (χ3v) is 5.02. The number of aliphatic hydroxyl groups excluding tert-OH is 1. The lowest BCUT2D eigenvalue weighted by Crippen LogP contribution is -2.50. The lowest BCUT2D eigenvalue weighted by molar-refractivity contribution is 0.0467. The highest BCUT2D eigenvalue weighted by molar-refractivity contribution is 7.88. The van der Waals surface area contributed by atoms with E-state index in [0.29, 0.717) is 18.8 Å². The first-order chi connectivity index (χ1) is 9.75. The predicted octanol–water partition coefficient (Wildman–Crippen LogP) is -0.435. The second-order valence-electron chi connectivity index (χ2n) is 5.64. The Morgan fingerprint density at radius 1 is 1.48 bits per heavy atom. The molecule has 7 nitrogen and oxygen atoms in total. The molecule has 0 unspecified atom stereocenters. The van der Waals surface area contributed by atoms with Gasteiger partial charge in [0.1, 0.15) is 11.5 Å². The average Bonchev–Trinajstić information content (AvgIpc) is 2.80. The Kier molecular flexibility index (Phi) is 5.05. The molecule has 2 heterocycles. The summed E-state index contributed by atoms with van der Waals surface area (Å²) in [4.78, 5) is 2.08. The number of β-amino-alcohol motifs (C(OH)–C–C–N with tert-alkyl or cyclic N) is 1. The molecule has 0 bridgehead atoms. The van der Waals surface area contributed by atoms with Gasteiger partial charge in [-0.15, -0.1) is 0 Å². The number of nitrogens with two attached hydrogens (primary N) is 1. The van der Waals surface area contributed by atoms with E-state index < -0.39 is 16.1 Å². The third kappa shape index (κ3) is 4.52. The number of likely N-dealkylation sites (tertiary alicyclic amines) is 1. The average molecular weight is 317 g/mol. The number of hydrogen-bond donors (Lipinski definition) is 2. The van der Waals surface area contributed by atoms with Crippen LogP contribution in [-0.4, -0.2) is 61.3 Å². The summed E-state index contributed by atoms with van der Waals surface area (Å²) in [5, 5.41) is 9.77. The first-order valence-electron chi connectivity index (χ1n) is 6.90. The Morgan fingerprint density at radius 3 is 2.76 bits per heavy atom. The maximum atomic E-state index is 11.4. The summed E-state index contributed by atoms with van der Waals surface area (Å²) in [7, 11) is -1.70. The molecule has 120 valence electrons. The molecule has 0 radical (unpaired) electrons. The van der Waals surface area contributed by atoms with Gasteiger partial charge in [-0.1, -0.05) is 0 Å². The first kappa shape index (κ1) is 16.4. The smallest absolute Gasteiger partial charge is 0.211 e. The molecular formula is C13H23N3O4S. The molecule has 0 saturated carbocycles. The molecule has 1 aromatic heterocycles. The quantitative estimate of drug-likeness (QED) is 0.764. The highest BCUT2D eigenvalue weighted by Crippen LogP contribution is 2.16. The van der Waals surface area contributed by atoms with Gasteiger partial charge in [-0.2, -0.15) is 4.31 Å². The normalized spacial score (nSPS) is 24.6. The van der Waals surface area contributed by atoms with Crippen molar-refractivity contribution in [3.63, 3.8) is 0 Å². The number of furan rings is 1. The molecule has 1 aliphatic heterocycles. The minimum Gasteiger partial charge on any atom is -0.463 e. The third-order valence-electron chi connectivity index (χ3n) is 3.76. The molecule has 0 amide bonds. The topological polar surface area (TPSA) is 100 Å². The fourth-order valence-electron chi connectivity index (χ4n) is 2.31. The predicted molar refractivity (Wildman–Crippen MR) is 78.9 cm³/mol. The van der Waals surface area contributed by atoms with Crippen molar-refractivity contribution >= 4 is 10.0 Å². The van der Waals surface area contributed by atoms with E-state index in [1.54, 1.807) is 6.07 Å². The molecule has 3 N–H and O–H groups in total. The maximum absolute atomic E-state index is 11.4. The number of rotatable bonds is 5. The van der Waals surface area contributed by atoms with Crippen LogP contribution in [0.1, 0.15) is 17.9 Å². The van der Waals surface area contributed by atoms with E-state index in [0.717, 1.165) is 25.0 Å². The van der Waals surface area contributed by atoms with Crippen LogP contribution >= 0.6 is 0 Å². The second-order valence-corrected chi connectivity index (χ2v) is 7.73. The lowest BCUT2D eigenvalue weighted by atomic mass is 10.0. The SMILES string of the molecule is CN(Cc1ccc(CN2CC[C@@H](N)[C@H](O)C2)o1)S(C)(=O)=O. The van der Waals surface area contributed by atoms with Crippen LogP contribution in [0, 0.1) is 0 Å². The van der Waals surface area contributed by atoms with Gasteiger partial charge < -0.3 is 15.3 Å². The van der Waals surface area contributed by atoms with Crippen LogP contribution < -0.4 is 5.73 Å². The second kappa shape index (κ2) is 6.45. The van der Waals surface area contributed by atoms with Gasteiger partial charge in [-0.05, 0) is 18.6 Å². The van der Waals surface area contributed by atoms with Gasteiger partial charge in [0.15, 0.2) is 0 Å². The molecule has 1 saturated heterocycles. The minimum absolute atomic E-state index is 0.156. The summed E-state index contributed by atoms with van der Waals surface area (Å²) >= 11 is 0. The van der Waals surface area contributed by atoms with Crippen molar-refractivity contribution in [3.05, 3.63) is 23.7 Å². The number of aliphatic hydroxyl groups is 1. The fourth-order valence-corrected chi connectivity index (χ4v) is 2.67. The summed E-state index contributed by atoms with van der Waals surface area (Å²) in [5.41, 5.74) is 5.77. The molecule has 1 fully saturated rings. The monoisotopic (exact) mass is 317 g/mol. The molecule has 2 rings (SSSR count). The zero-order chi connectivity index (χ0) is 15.6. The summed E-state index contributed by atoms with van der Waals surface area (Å²) in [6.07, 6.45) is 1.41. The zero-order valence-electron chi connectivity index (χ0n) is 12.4. The molecule has 0 aromatic carbocycles. The van der Waals surface area contributed by atoms with Gasteiger partial charge in [0.2, 0.25) is 10.0 Å². The van der Waals surface area contributed by atoms with Crippen LogP contribution in [0.5, 0.6) is 0 Å². The molecular weight excluding hydrogens is 294 g/mol. The highest BCUT2D eigenvalue weighted by Gasteiger charge is 2.25. The molecule has 0 aliphatic carbocycles. The Hall–Kier alpha value is -0.930. The van der Waals surface area contributed by atoms with Crippen molar-refractivity contribution < 1.29 is 17.9 Å². The molecule has 0 spiro atoms. The number of hydrogen-bond acceptors (Lipinski definition) is 6. The van der Waals surface area contributed by atoms with Crippen molar-refractivity contribution in [2.75, 3.05) is 26.4 Å². The fraction of sp³-hybridized carbons (Fsp3) is 0.692. The van der Waals surface area contributed by atoms with Crippen LogP contribution in [0.15, 0.2) is 16.5 Å². The summed E-state index contributed by atoms with van der Waals surface area (Å²) in [5.74, 6) is 1.36. The maximum Gasteiger partial charge on any atom is 0.211 e. The minimum atomic E-state index is -3.22. The standard InChI is InChI=1S/C13H23N3O4S/c1-15(21(2,18)19)7-10-3-4-11(20-10)8-16-6-5-12(14)13(17)9-16/h3-4,12-13,17H,5-9,14H2,1-2H3/t12-,13-/m1/s1. The van der Waals surface area contributed by atoms with Crippen molar-refractivity contribution in [2.24, 2.45) is 5.73 Å². The molecule has 2 atom stereocenters. The van der Waals surface area contributed by atoms with E-state index in [9.17, 15) is 13.5 Å². The van der Waals surface area contributed by atoms with E-state index in [1.807, 2.05) is 6.07 Å². The van der Waals surface area contributed by atoms with Gasteiger partial charge in [-0.3, -0.25) is 4.90 Å². The number of nitrogens with zero attached hydrogens (tertiary/aromatic N) is 2. The molecule has 1 aromatic rings. The van der Waals surface area contributed by atoms with Crippen LogP contribution in [0.25, 0.3) is 0 Å². The van der Waals surface area contributed by atoms with Gasteiger partial charge in [0.05, 0.1) is 25.4 Å². The van der Waals surface area contributed by atoms with E-state index in [1.165, 1.54) is 11.4 Å². The summed E-state index contributed by atoms with van der Waals surface area (Å²) in [6.45, 7) is 2.15. The van der Waals surface area contributed by atoms with Gasteiger partial charge in [0, 0.05) is 26.2 Å². The lowest BCUT2D eigenvalue weighted by Gasteiger charge is -2.33. The number of piperidine rings is 1. The van der Waals surface area contributed by atoms with E-state index in [2.05, 4.69) is 4.90 Å². The Bertz CT molecular complexity index is 572. The molecule has 8 heteroatoms. The Labute approximate surface area is 125 Å². The van der Waals surface area contributed by atoms with Gasteiger partial charge in [0.25, 0.3) is 0 Å². The first-order valence-corrected chi connectivity index (χ1v) is 8.75. The Balaban J connectivity index is 1.92. The molecule has 1 aliphatic rings. The highest BCUT2D eigenvalue weighted by atomic mass is 32.2. The summed E-state index contributed by atoms with van der Waals surface area (Å²) < 4.78 is 29.6. The van der Waals surface area contributed by atoms with Crippen molar-refractivity contribution in [2.45, 2.75) is 31.7 Å². The van der Waals surface area contributed by atoms with Crippen molar-refractivity contribution in [3.8, 4) is 0 Å². The number of sulfonamides is 1. The van der Waals surface area contributed by atoms with Crippen LogP contribution in [0.4, 0.5) is 0 Å². The van der Waals surface area contributed by atoms with Gasteiger partial charge in [-0.25, -0.2) is 8.42 Å². The van der Waals surface area contributed by atoms with Crippen LogP contribution in [0.2, 0.25) is 0 Å². The van der Waals surface area contributed by atoms with Crippen LogP contribution in [-0.2, 0) is 23.1 Å². The van der Waals surface area contributed by atoms with Gasteiger partial charge >= 0.3 is 0 Å². The van der Waals surface area contributed by atoms with E-state index >= 15 is 0 Å². The summed E-state index contributed by atoms with van der Waals surface area (Å²) in [6, 6.07) is 3.46. The van der Waals surface area contributed by atoms with E-state index in [-0.39, 0.29) is 12.6 Å². The van der Waals surface area contributed by atoms with Crippen molar-refractivity contribution in [1.82, 2.24) is 9.21 Å². The molecule has 21 heavy (non-hydrogen) atoms. The zero-order valence-corrected chi connectivity index (χ0v) is 13.2.